The molecule has 17 heavy (non-hydrogen) atoms. The molecule has 3 rings (SSSR count). The smallest absolute Gasteiger partial charge is 0.242 e. The fourth-order valence-electron chi connectivity index (χ4n) is 2.50. The van der Waals surface area contributed by atoms with E-state index >= 15 is 0 Å². The zero-order chi connectivity index (χ0) is 12.0. The van der Waals surface area contributed by atoms with Crippen molar-refractivity contribution in [2.24, 2.45) is 0 Å². The Balaban J connectivity index is 1.88. The van der Waals surface area contributed by atoms with Gasteiger partial charge < -0.3 is 0 Å². The number of amides is 1. The number of fused-ring (bicyclic) bond motifs is 1. The number of benzene rings is 1. The summed E-state index contributed by atoms with van der Waals surface area (Å²) in [6.45, 7) is 4.10. The molecule has 1 fully saturated rings. The predicted molar refractivity (Wildman–Crippen MR) is 66.8 cm³/mol. The Hall–Kier alpha value is -1.61. The van der Waals surface area contributed by atoms with Crippen molar-refractivity contribution < 1.29 is 4.79 Å². The maximum atomic E-state index is 12.0. The van der Waals surface area contributed by atoms with Gasteiger partial charge in [0, 0.05) is 24.1 Å². The van der Waals surface area contributed by atoms with Crippen LogP contribution in [0.1, 0.15) is 31.4 Å². The average Bonchev–Trinajstić information content (AvgIpc) is 2.78. The van der Waals surface area contributed by atoms with Gasteiger partial charge in [0.1, 0.15) is 0 Å². The zero-order valence-corrected chi connectivity index (χ0v) is 10.2. The Morgan fingerprint density at radius 2 is 2.06 bits per heavy atom. The Morgan fingerprint density at radius 3 is 2.71 bits per heavy atom. The number of nitrogens with zero attached hydrogens (tertiary/aromatic N) is 1. The molecule has 0 bridgehead atoms. The quantitative estimate of drug-likeness (QED) is 0.798. The first-order chi connectivity index (χ1) is 8.05. The summed E-state index contributed by atoms with van der Waals surface area (Å²) in [6.07, 6.45) is 3.49. The summed E-state index contributed by atoms with van der Waals surface area (Å²) >= 11 is 0. The van der Waals surface area contributed by atoms with Crippen LogP contribution in [0.3, 0.4) is 0 Å². The molecule has 1 amide bonds. The predicted octanol–water partition coefficient (Wildman–Crippen LogP) is 2.10. The SMILES string of the molecule is CC1(C)CC(=O)N(C2=Cc3ccccc3C2)N1. The fraction of sp³-hybridized carbons (Fsp3) is 0.357. The molecule has 1 aromatic rings. The molecule has 1 N–H and O–H groups in total. The minimum Gasteiger partial charge on any atom is -0.273 e. The van der Waals surface area contributed by atoms with Crippen molar-refractivity contribution in [3.05, 3.63) is 41.1 Å². The van der Waals surface area contributed by atoms with E-state index in [1.807, 2.05) is 26.0 Å². The lowest BCUT2D eigenvalue weighted by molar-refractivity contribution is -0.127. The van der Waals surface area contributed by atoms with Crippen molar-refractivity contribution in [3.63, 3.8) is 0 Å². The third-order valence-corrected chi connectivity index (χ3v) is 3.29. The number of hydrogen-bond acceptors (Lipinski definition) is 2. The first-order valence-electron chi connectivity index (χ1n) is 5.94. The first kappa shape index (κ1) is 10.5. The van der Waals surface area contributed by atoms with E-state index in [1.165, 1.54) is 11.1 Å². The summed E-state index contributed by atoms with van der Waals surface area (Å²) in [5.74, 6) is 0.161. The summed E-state index contributed by atoms with van der Waals surface area (Å²) in [4.78, 5) is 12.0. The molecule has 3 nitrogen and oxygen atoms in total. The second-order valence-electron chi connectivity index (χ2n) is 5.41. The maximum Gasteiger partial charge on any atom is 0.242 e. The van der Waals surface area contributed by atoms with Gasteiger partial charge in [-0.15, -0.1) is 0 Å². The van der Waals surface area contributed by atoms with Crippen LogP contribution in [0.15, 0.2) is 30.0 Å². The number of rotatable bonds is 1. The van der Waals surface area contributed by atoms with E-state index in [4.69, 9.17) is 0 Å². The largest absolute Gasteiger partial charge is 0.273 e. The van der Waals surface area contributed by atoms with Crippen molar-refractivity contribution in [2.75, 3.05) is 0 Å². The van der Waals surface area contributed by atoms with Crippen molar-refractivity contribution in [1.82, 2.24) is 10.4 Å². The van der Waals surface area contributed by atoms with Gasteiger partial charge in [-0.05, 0) is 31.1 Å². The van der Waals surface area contributed by atoms with Crippen molar-refractivity contribution >= 4 is 12.0 Å². The van der Waals surface area contributed by atoms with Crippen LogP contribution in [0.25, 0.3) is 6.08 Å². The number of hydrogen-bond donors (Lipinski definition) is 1. The second kappa shape index (κ2) is 3.44. The van der Waals surface area contributed by atoms with Crippen LogP contribution >= 0.6 is 0 Å². The highest BCUT2D eigenvalue weighted by atomic mass is 16.2. The highest BCUT2D eigenvalue weighted by Gasteiger charge is 2.37. The summed E-state index contributed by atoms with van der Waals surface area (Å²) in [7, 11) is 0. The highest BCUT2D eigenvalue weighted by Crippen LogP contribution is 2.30. The minimum atomic E-state index is -0.132. The van der Waals surface area contributed by atoms with Gasteiger partial charge in [-0.25, -0.2) is 10.4 Å². The molecular weight excluding hydrogens is 212 g/mol. The van der Waals surface area contributed by atoms with Gasteiger partial charge in [0.15, 0.2) is 0 Å². The molecule has 1 aromatic carbocycles. The molecule has 0 aromatic heterocycles. The Labute approximate surface area is 101 Å². The Morgan fingerprint density at radius 1 is 1.29 bits per heavy atom. The molecule has 1 aliphatic heterocycles. The normalized spacial score (nSPS) is 21.6. The molecule has 0 spiro atoms. The summed E-state index contributed by atoms with van der Waals surface area (Å²) in [5, 5.41) is 1.72. The topological polar surface area (TPSA) is 32.3 Å². The van der Waals surface area contributed by atoms with Crippen molar-refractivity contribution in [3.8, 4) is 0 Å². The van der Waals surface area contributed by atoms with E-state index in [9.17, 15) is 4.79 Å². The second-order valence-corrected chi connectivity index (χ2v) is 5.41. The van der Waals surface area contributed by atoms with E-state index < -0.39 is 0 Å². The van der Waals surface area contributed by atoms with Gasteiger partial charge in [-0.1, -0.05) is 24.3 Å². The van der Waals surface area contributed by atoms with Crippen molar-refractivity contribution in [2.45, 2.75) is 32.2 Å². The van der Waals surface area contributed by atoms with Gasteiger partial charge in [0.05, 0.1) is 0 Å². The number of carbonyl (C=O) groups is 1. The van der Waals surface area contributed by atoms with Crippen LogP contribution in [0.5, 0.6) is 0 Å². The van der Waals surface area contributed by atoms with Crippen LogP contribution in [0.4, 0.5) is 0 Å². The summed E-state index contributed by atoms with van der Waals surface area (Å²) < 4.78 is 0. The van der Waals surface area contributed by atoms with Crippen molar-refractivity contribution in [1.29, 1.82) is 0 Å². The number of carbonyl (C=O) groups excluding carboxylic acids is 1. The molecule has 0 unspecified atom stereocenters. The van der Waals surface area contributed by atoms with E-state index in [0.717, 1.165) is 12.1 Å². The lowest BCUT2D eigenvalue weighted by Gasteiger charge is -2.22. The lowest BCUT2D eigenvalue weighted by atomic mass is 10.0. The third kappa shape index (κ3) is 1.76. The standard InChI is InChI=1S/C14H16N2O/c1-14(2)9-13(17)16(15-14)12-7-10-5-3-4-6-11(10)8-12/h3-7,15H,8-9H2,1-2H3. The number of allylic oxidation sites excluding steroid dienone is 1. The van der Waals surface area contributed by atoms with Gasteiger partial charge in [0.25, 0.3) is 0 Å². The monoisotopic (exact) mass is 228 g/mol. The molecule has 0 atom stereocenters. The number of nitrogens with one attached hydrogen (secondary N) is 1. The molecule has 88 valence electrons. The van der Waals surface area contributed by atoms with E-state index in [0.29, 0.717) is 6.42 Å². The Bertz CT molecular complexity index is 517. The maximum absolute atomic E-state index is 12.0. The molecule has 1 aliphatic carbocycles. The van der Waals surface area contributed by atoms with Crippen LogP contribution in [-0.4, -0.2) is 16.5 Å². The molecule has 1 saturated heterocycles. The van der Waals surface area contributed by atoms with Crippen LogP contribution in [0, 0.1) is 0 Å². The Kier molecular flexibility index (Phi) is 2.13. The van der Waals surface area contributed by atoms with Gasteiger partial charge in [-0.3, -0.25) is 4.79 Å². The molecule has 3 heteroatoms. The van der Waals surface area contributed by atoms with Crippen LogP contribution < -0.4 is 5.43 Å². The molecule has 1 heterocycles. The number of hydrazine groups is 1. The molecule has 2 aliphatic rings. The van der Waals surface area contributed by atoms with Gasteiger partial charge in [-0.2, -0.15) is 0 Å². The molecule has 0 radical (unpaired) electrons. The molecular formula is C14H16N2O. The highest BCUT2D eigenvalue weighted by molar-refractivity contribution is 5.83. The van der Waals surface area contributed by atoms with Gasteiger partial charge in [0.2, 0.25) is 5.91 Å². The summed E-state index contributed by atoms with van der Waals surface area (Å²) in [6, 6.07) is 8.28. The fourth-order valence-corrected chi connectivity index (χ4v) is 2.50. The van der Waals surface area contributed by atoms with E-state index in [2.05, 4.69) is 23.6 Å². The van der Waals surface area contributed by atoms with Crippen LogP contribution in [0.2, 0.25) is 0 Å². The van der Waals surface area contributed by atoms with Crippen LogP contribution in [-0.2, 0) is 11.2 Å². The van der Waals surface area contributed by atoms with E-state index in [-0.39, 0.29) is 11.4 Å². The lowest BCUT2D eigenvalue weighted by Crippen LogP contribution is -2.41. The summed E-state index contributed by atoms with van der Waals surface area (Å²) in [5.41, 5.74) is 6.71. The zero-order valence-electron chi connectivity index (χ0n) is 10.2. The van der Waals surface area contributed by atoms with E-state index in [1.54, 1.807) is 5.01 Å². The van der Waals surface area contributed by atoms with Gasteiger partial charge >= 0.3 is 0 Å². The minimum absolute atomic E-state index is 0.132. The third-order valence-electron chi connectivity index (χ3n) is 3.29. The molecule has 0 saturated carbocycles. The first-order valence-corrected chi connectivity index (χ1v) is 5.94. The average molecular weight is 228 g/mol.